The van der Waals surface area contributed by atoms with Crippen LogP contribution in [0.3, 0.4) is 0 Å². The van der Waals surface area contributed by atoms with Gasteiger partial charge in [0.25, 0.3) is 0 Å². The molecule has 0 spiro atoms. The highest BCUT2D eigenvalue weighted by Crippen LogP contribution is 2.11. The Morgan fingerprint density at radius 1 is 1.33 bits per heavy atom. The number of ether oxygens (including phenoxy) is 2. The first-order chi connectivity index (χ1) is 10.1. The van der Waals surface area contributed by atoms with Crippen LogP contribution in [0.15, 0.2) is 24.3 Å². The molecule has 0 saturated carbocycles. The maximum absolute atomic E-state index is 12.7. The van der Waals surface area contributed by atoms with Crippen molar-refractivity contribution in [3.63, 3.8) is 0 Å². The van der Waals surface area contributed by atoms with Gasteiger partial charge in [-0.1, -0.05) is 0 Å². The van der Waals surface area contributed by atoms with Crippen LogP contribution in [0, 0.1) is 5.82 Å². The molecule has 6 heteroatoms. The van der Waals surface area contributed by atoms with Crippen LogP contribution in [0.2, 0.25) is 0 Å². The van der Waals surface area contributed by atoms with Gasteiger partial charge in [-0.15, -0.1) is 0 Å². The van der Waals surface area contributed by atoms with Crippen LogP contribution in [0.5, 0.6) is 5.75 Å². The van der Waals surface area contributed by atoms with Gasteiger partial charge in [0, 0.05) is 19.8 Å². The van der Waals surface area contributed by atoms with Crippen LogP contribution in [-0.4, -0.2) is 38.4 Å². The number of urea groups is 1. The zero-order valence-corrected chi connectivity index (χ0v) is 12.5. The van der Waals surface area contributed by atoms with Crippen LogP contribution < -0.4 is 15.4 Å². The molecule has 1 rings (SSSR count). The third-order valence-corrected chi connectivity index (χ3v) is 2.65. The summed E-state index contributed by atoms with van der Waals surface area (Å²) in [5, 5.41) is 5.51. The van der Waals surface area contributed by atoms with Crippen LogP contribution in [-0.2, 0) is 4.74 Å². The average Bonchev–Trinajstić information content (AvgIpc) is 2.46. The van der Waals surface area contributed by atoms with Gasteiger partial charge in [0.15, 0.2) is 0 Å². The third-order valence-electron chi connectivity index (χ3n) is 2.65. The van der Waals surface area contributed by atoms with Crippen LogP contribution in [0.4, 0.5) is 9.18 Å². The van der Waals surface area contributed by atoms with Crippen molar-refractivity contribution in [3.05, 3.63) is 30.1 Å². The molecule has 118 valence electrons. The Bertz CT molecular complexity index is 412. The lowest BCUT2D eigenvalue weighted by atomic mass is 10.3. The average molecular weight is 298 g/mol. The van der Waals surface area contributed by atoms with Crippen molar-refractivity contribution in [2.24, 2.45) is 0 Å². The molecule has 0 aromatic heterocycles. The SMILES string of the molecule is CCOCCCNC(=O)NC(C)COc1ccc(F)cc1. The molecule has 0 heterocycles. The Balaban J connectivity index is 2.13. The first-order valence-corrected chi connectivity index (χ1v) is 7.12. The lowest BCUT2D eigenvalue weighted by Gasteiger charge is -2.15. The predicted octanol–water partition coefficient (Wildman–Crippen LogP) is 2.32. The summed E-state index contributed by atoms with van der Waals surface area (Å²) in [6.07, 6.45) is 0.779. The highest BCUT2D eigenvalue weighted by Gasteiger charge is 2.07. The van der Waals surface area contributed by atoms with E-state index in [9.17, 15) is 9.18 Å². The smallest absolute Gasteiger partial charge is 0.315 e. The Kier molecular flexibility index (Phi) is 8.19. The molecule has 0 aliphatic heterocycles. The highest BCUT2D eigenvalue weighted by atomic mass is 19.1. The molecule has 0 aliphatic carbocycles. The van der Waals surface area contributed by atoms with Gasteiger partial charge in [-0.05, 0) is 44.5 Å². The predicted molar refractivity (Wildman–Crippen MR) is 79.0 cm³/mol. The van der Waals surface area contributed by atoms with Gasteiger partial charge in [0.05, 0.1) is 6.04 Å². The fourth-order valence-corrected chi connectivity index (χ4v) is 1.59. The Morgan fingerprint density at radius 2 is 2.05 bits per heavy atom. The van der Waals surface area contributed by atoms with Crippen molar-refractivity contribution in [2.45, 2.75) is 26.3 Å². The minimum atomic E-state index is -0.306. The molecule has 5 nitrogen and oxygen atoms in total. The second kappa shape index (κ2) is 9.99. The van der Waals surface area contributed by atoms with E-state index < -0.39 is 0 Å². The van der Waals surface area contributed by atoms with E-state index in [2.05, 4.69) is 10.6 Å². The van der Waals surface area contributed by atoms with E-state index in [1.54, 1.807) is 12.1 Å². The molecule has 0 saturated heterocycles. The van der Waals surface area contributed by atoms with E-state index in [4.69, 9.17) is 9.47 Å². The topological polar surface area (TPSA) is 59.6 Å². The monoisotopic (exact) mass is 298 g/mol. The molecule has 1 atom stereocenters. The van der Waals surface area contributed by atoms with E-state index >= 15 is 0 Å². The Labute approximate surface area is 124 Å². The minimum Gasteiger partial charge on any atom is -0.491 e. The summed E-state index contributed by atoms with van der Waals surface area (Å²) >= 11 is 0. The summed E-state index contributed by atoms with van der Waals surface area (Å²) in [5.74, 6) is 0.266. The van der Waals surface area contributed by atoms with Gasteiger partial charge in [-0.2, -0.15) is 0 Å². The number of benzene rings is 1. The Hall–Kier alpha value is -1.82. The normalized spacial score (nSPS) is 11.8. The largest absolute Gasteiger partial charge is 0.491 e. The van der Waals surface area contributed by atoms with Gasteiger partial charge in [0.2, 0.25) is 0 Å². The maximum Gasteiger partial charge on any atom is 0.315 e. The maximum atomic E-state index is 12.7. The number of amides is 2. The van der Waals surface area contributed by atoms with Gasteiger partial charge >= 0.3 is 6.03 Å². The fourth-order valence-electron chi connectivity index (χ4n) is 1.59. The second-order valence-electron chi connectivity index (χ2n) is 4.62. The number of rotatable bonds is 9. The molecule has 0 radical (unpaired) electrons. The van der Waals surface area contributed by atoms with E-state index in [1.165, 1.54) is 12.1 Å². The van der Waals surface area contributed by atoms with E-state index in [1.807, 2.05) is 13.8 Å². The first-order valence-electron chi connectivity index (χ1n) is 7.12. The van der Waals surface area contributed by atoms with Crippen molar-refractivity contribution < 1.29 is 18.7 Å². The van der Waals surface area contributed by atoms with Crippen LogP contribution >= 0.6 is 0 Å². The lowest BCUT2D eigenvalue weighted by molar-refractivity contribution is 0.145. The zero-order valence-electron chi connectivity index (χ0n) is 12.5. The number of hydrogen-bond acceptors (Lipinski definition) is 3. The first kappa shape index (κ1) is 17.2. The van der Waals surface area contributed by atoms with Gasteiger partial charge in [-0.3, -0.25) is 0 Å². The molecule has 21 heavy (non-hydrogen) atoms. The molecule has 0 bridgehead atoms. The van der Waals surface area contributed by atoms with Gasteiger partial charge < -0.3 is 20.1 Å². The van der Waals surface area contributed by atoms with Gasteiger partial charge in [-0.25, -0.2) is 9.18 Å². The highest BCUT2D eigenvalue weighted by molar-refractivity contribution is 5.74. The van der Waals surface area contributed by atoms with E-state index in [-0.39, 0.29) is 17.9 Å². The molecule has 0 fully saturated rings. The molecule has 2 amide bonds. The molecular weight excluding hydrogens is 275 g/mol. The van der Waals surface area contributed by atoms with Crippen molar-refractivity contribution in [2.75, 3.05) is 26.4 Å². The molecule has 1 aromatic rings. The van der Waals surface area contributed by atoms with Crippen LogP contribution in [0.25, 0.3) is 0 Å². The summed E-state index contributed by atoms with van der Waals surface area (Å²) < 4.78 is 23.3. The summed E-state index contributed by atoms with van der Waals surface area (Å²) in [4.78, 5) is 11.6. The summed E-state index contributed by atoms with van der Waals surface area (Å²) in [5.41, 5.74) is 0. The van der Waals surface area contributed by atoms with Crippen molar-refractivity contribution in [1.29, 1.82) is 0 Å². The molecule has 2 N–H and O–H groups in total. The zero-order chi connectivity index (χ0) is 15.5. The number of nitrogens with one attached hydrogen (secondary N) is 2. The lowest BCUT2D eigenvalue weighted by Crippen LogP contribution is -2.43. The third kappa shape index (κ3) is 8.14. The quantitative estimate of drug-likeness (QED) is 0.688. The standard InChI is InChI=1S/C15H23FN2O3/c1-3-20-10-4-9-17-15(19)18-12(2)11-21-14-7-5-13(16)6-8-14/h5-8,12H,3-4,9-11H2,1-2H3,(H2,17,18,19). The van der Waals surface area contributed by atoms with Gasteiger partial charge in [0.1, 0.15) is 18.2 Å². The van der Waals surface area contributed by atoms with Crippen molar-refractivity contribution in [3.8, 4) is 5.75 Å². The van der Waals surface area contributed by atoms with Crippen molar-refractivity contribution >= 4 is 6.03 Å². The minimum absolute atomic E-state index is 0.151. The molecule has 1 aromatic carbocycles. The number of carbonyl (C=O) groups is 1. The van der Waals surface area contributed by atoms with Crippen LogP contribution in [0.1, 0.15) is 20.3 Å². The fraction of sp³-hybridized carbons (Fsp3) is 0.533. The summed E-state index contributed by atoms with van der Waals surface area (Å²) in [6, 6.07) is 5.38. The number of carbonyl (C=O) groups excluding carboxylic acids is 1. The number of halogens is 1. The summed E-state index contributed by atoms with van der Waals surface area (Å²) in [7, 11) is 0. The Morgan fingerprint density at radius 3 is 2.71 bits per heavy atom. The van der Waals surface area contributed by atoms with E-state index in [0.717, 1.165) is 6.42 Å². The molecular formula is C15H23FN2O3. The molecule has 0 aliphatic rings. The molecule has 1 unspecified atom stereocenters. The van der Waals surface area contributed by atoms with Crippen molar-refractivity contribution in [1.82, 2.24) is 10.6 Å². The summed E-state index contributed by atoms with van der Waals surface area (Å²) in [6.45, 7) is 5.98. The number of hydrogen-bond donors (Lipinski definition) is 2. The van der Waals surface area contributed by atoms with E-state index in [0.29, 0.717) is 32.1 Å². The second-order valence-corrected chi connectivity index (χ2v) is 4.62.